The second-order valence-corrected chi connectivity index (χ2v) is 5.17. The quantitative estimate of drug-likeness (QED) is 0.736. The van der Waals surface area contributed by atoms with E-state index >= 15 is 0 Å². The summed E-state index contributed by atoms with van der Waals surface area (Å²) in [5, 5.41) is 12.4. The maximum absolute atomic E-state index is 11.2. The van der Waals surface area contributed by atoms with Gasteiger partial charge in [-0.05, 0) is 39.2 Å². The first kappa shape index (κ1) is 11.9. The second kappa shape index (κ2) is 5.15. The highest BCUT2D eigenvalue weighted by Gasteiger charge is 2.31. The summed E-state index contributed by atoms with van der Waals surface area (Å²) in [5.41, 5.74) is 0. The van der Waals surface area contributed by atoms with Crippen LogP contribution in [-0.4, -0.2) is 47.2 Å². The molecule has 4 nitrogen and oxygen atoms in total. The molecule has 1 heterocycles. The summed E-state index contributed by atoms with van der Waals surface area (Å²) in [6.07, 6.45) is 5.97. The molecule has 0 amide bonds. The summed E-state index contributed by atoms with van der Waals surface area (Å²) in [6, 6.07) is 0.617. The summed E-state index contributed by atoms with van der Waals surface area (Å²) in [4.78, 5) is 13.5. The molecule has 92 valence electrons. The van der Waals surface area contributed by atoms with Gasteiger partial charge in [0.25, 0.3) is 0 Å². The third-order valence-electron chi connectivity index (χ3n) is 3.67. The van der Waals surface area contributed by atoms with E-state index < -0.39 is 5.97 Å². The van der Waals surface area contributed by atoms with Gasteiger partial charge in [0, 0.05) is 18.6 Å². The zero-order chi connectivity index (χ0) is 11.5. The molecule has 4 heteroatoms. The molecule has 2 atom stereocenters. The first-order chi connectivity index (χ1) is 7.66. The molecule has 2 fully saturated rings. The van der Waals surface area contributed by atoms with Gasteiger partial charge in [-0.25, -0.2) is 0 Å². The van der Waals surface area contributed by atoms with Crippen molar-refractivity contribution >= 4 is 5.97 Å². The average Bonchev–Trinajstić information content (AvgIpc) is 3.04. The number of nitrogens with zero attached hydrogens (tertiary/aromatic N) is 1. The van der Waals surface area contributed by atoms with E-state index in [1.165, 1.54) is 19.3 Å². The number of nitrogens with one attached hydrogen (secondary N) is 1. The van der Waals surface area contributed by atoms with Crippen LogP contribution in [0.4, 0.5) is 0 Å². The maximum atomic E-state index is 11.2. The van der Waals surface area contributed by atoms with Crippen molar-refractivity contribution in [1.29, 1.82) is 0 Å². The lowest BCUT2D eigenvalue weighted by atomic mass is 10.0. The highest BCUT2D eigenvalue weighted by Crippen LogP contribution is 2.21. The fourth-order valence-corrected chi connectivity index (χ4v) is 2.40. The van der Waals surface area contributed by atoms with Crippen molar-refractivity contribution < 1.29 is 9.90 Å². The number of likely N-dealkylation sites (tertiary alicyclic amines) is 1. The highest BCUT2D eigenvalue weighted by atomic mass is 16.4. The van der Waals surface area contributed by atoms with Gasteiger partial charge in [-0.2, -0.15) is 0 Å². The van der Waals surface area contributed by atoms with Crippen molar-refractivity contribution in [2.24, 2.45) is 0 Å². The first-order valence-corrected chi connectivity index (χ1v) is 6.39. The van der Waals surface area contributed by atoms with Crippen LogP contribution in [0.1, 0.15) is 39.0 Å². The van der Waals surface area contributed by atoms with Gasteiger partial charge in [-0.15, -0.1) is 0 Å². The number of piperidine rings is 1. The fourth-order valence-electron chi connectivity index (χ4n) is 2.40. The monoisotopic (exact) mass is 226 g/mol. The molecule has 0 radical (unpaired) electrons. The predicted octanol–water partition coefficient (Wildman–Crippen LogP) is 1.07. The minimum atomic E-state index is -0.704. The van der Waals surface area contributed by atoms with Crippen molar-refractivity contribution in [2.75, 3.05) is 13.1 Å². The smallest absolute Gasteiger partial charge is 0.322 e. The number of hydrogen-bond acceptors (Lipinski definition) is 3. The summed E-state index contributed by atoms with van der Waals surface area (Å²) in [5.74, 6) is -0.704. The standard InChI is InChI=1S/C12H22N2O2/c1-9-4-2-3-7-14(9)8-11(12(15)16)13-10-5-6-10/h9-11,13H,2-8H2,1H3,(H,15,16). The summed E-state index contributed by atoms with van der Waals surface area (Å²) in [6.45, 7) is 3.92. The van der Waals surface area contributed by atoms with Crippen LogP contribution in [0.2, 0.25) is 0 Å². The normalized spacial score (nSPS) is 28.9. The summed E-state index contributed by atoms with van der Waals surface area (Å²) in [7, 11) is 0. The van der Waals surface area contributed by atoms with Crippen LogP contribution in [0.15, 0.2) is 0 Å². The molecule has 0 spiro atoms. The Labute approximate surface area is 97.0 Å². The lowest BCUT2D eigenvalue weighted by molar-refractivity contribution is -0.140. The van der Waals surface area contributed by atoms with E-state index in [9.17, 15) is 9.90 Å². The molecule has 0 aromatic carbocycles. The Bertz CT molecular complexity index is 253. The predicted molar refractivity (Wildman–Crippen MR) is 62.5 cm³/mol. The number of carboxylic acid groups (broad SMARTS) is 1. The topological polar surface area (TPSA) is 52.6 Å². The Morgan fingerprint density at radius 1 is 1.44 bits per heavy atom. The van der Waals surface area contributed by atoms with Gasteiger partial charge >= 0.3 is 5.97 Å². The molecule has 2 rings (SSSR count). The minimum Gasteiger partial charge on any atom is -0.480 e. The van der Waals surface area contributed by atoms with Crippen molar-refractivity contribution in [2.45, 2.75) is 57.2 Å². The number of carbonyl (C=O) groups is 1. The van der Waals surface area contributed by atoms with Gasteiger partial charge in [0.05, 0.1) is 0 Å². The lowest BCUT2D eigenvalue weighted by Crippen LogP contribution is -2.50. The molecule has 16 heavy (non-hydrogen) atoms. The molecule has 0 aromatic heterocycles. The molecule has 1 saturated heterocycles. The van der Waals surface area contributed by atoms with Gasteiger partial charge in [0.1, 0.15) is 6.04 Å². The Balaban J connectivity index is 1.85. The number of aliphatic carboxylic acids is 1. The molecule has 1 aliphatic carbocycles. The highest BCUT2D eigenvalue weighted by molar-refractivity contribution is 5.73. The molecular weight excluding hydrogens is 204 g/mol. The SMILES string of the molecule is CC1CCCCN1CC(NC1CC1)C(=O)O. The van der Waals surface area contributed by atoms with Gasteiger partial charge in [-0.3, -0.25) is 9.69 Å². The van der Waals surface area contributed by atoms with Crippen LogP contribution in [0, 0.1) is 0 Å². The van der Waals surface area contributed by atoms with Crippen molar-refractivity contribution in [3.05, 3.63) is 0 Å². The van der Waals surface area contributed by atoms with E-state index in [1.807, 2.05) is 0 Å². The molecule has 1 saturated carbocycles. The van der Waals surface area contributed by atoms with Crippen LogP contribution in [0.5, 0.6) is 0 Å². The molecule has 2 aliphatic rings. The largest absolute Gasteiger partial charge is 0.480 e. The van der Waals surface area contributed by atoms with Crippen LogP contribution >= 0.6 is 0 Å². The Kier molecular flexibility index (Phi) is 3.82. The molecule has 2 N–H and O–H groups in total. The molecule has 0 aromatic rings. The third kappa shape index (κ3) is 3.19. The molecule has 0 bridgehead atoms. The summed E-state index contributed by atoms with van der Waals surface area (Å²) >= 11 is 0. The average molecular weight is 226 g/mol. The number of carboxylic acids is 1. The minimum absolute atomic E-state index is 0.381. The van der Waals surface area contributed by atoms with E-state index in [0.29, 0.717) is 18.6 Å². The van der Waals surface area contributed by atoms with Crippen LogP contribution in [0.25, 0.3) is 0 Å². The van der Waals surface area contributed by atoms with Crippen molar-refractivity contribution in [1.82, 2.24) is 10.2 Å². The van der Waals surface area contributed by atoms with Crippen molar-refractivity contribution in [3.63, 3.8) is 0 Å². The van der Waals surface area contributed by atoms with Crippen LogP contribution < -0.4 is 5.32 Å². The van der Waals surface area contributed by atoms with E-state index in [4.69, 9.17) is 0 Å². The van der Waals surface area contributed by atoms with Crippen LogP contribution in [0.3, 0.4) is 0 Å². The van der Waals surface area contributed by atoms with Gasteiger partial charge in [0.15, 0.2) is 0 Å². The van der Waals surface area contributed by atoms with Gasteiger partial charge in [-0.1, -0.05) is 6.42 Å². The van der Waals surface area contributed by atoms with E-state index in [1.54, 1.807) is 0 Å². The van der Waals surface area contributed by atoms with Crippen LogP contribution in [-0.2, 0) is 4.79 Å². The zero-order valence-electron chi connectivity index (χ0n) is 9.98. The lowest BCUT2D eigenvalue weighted by Gasteiger charge is -2.35. The third-order valence-corrected chi connectivity index (χ3v) is 3.67. The zero-order valence-corrected chi connectivity index (χ0v) is 9.98. The van der Waals surface area contributed by atoms with E-state index in [2.05, 4.69) is 17.1 Å². The van der Waals surface area contributed by atoms with E-state index in [0.717, 1.165) is 19.4 Å². The van der Waals surface area contributed by atoms with Gasteiger partial charge in [0.2, 0.25) is 0 Å². The van der Waals surface area contributed by atoms with Crippen molar-refractivity contribution in [3.8, 4) is 0 Å². The van der Waals surface area contributed by atoms with Gasteiger partial charge < -0.3 is 10.4 Å². The Morgan fingerprint density at radius 2 is 2.19 bits per heavy atom. The number of hydrogen-bond donors (Lipinski definition) is 2. The molecule has 1 aliphatic heterocycles. The molecule has 2 unspecified atom stereocenters. The summed E-state index contributed by atoms with van der Waals surface area (Å²) < 4.78 is 0. The fraction of sp³-hybridized carbons (Fsp3) is 0.917. The number of rotatable bonds is 5. The maximum Gasteiger partial charge on any atom is 0.322 e. The second-order valence-electron chi connectivity index (χ2n) is 5.17. The Morgan fingerprint density at radius 3 is 2.75 bits per heavy atom. The Hall–Kier alpha value is -0.610. The first-order valence-electron chi connectivity index (χ1n) is 6.39. The van der Waals surface area contributed by atoms with E-state index in [-0.39, 0.29) is 6.04 Å². The molecular formula is C12H22N2O2.